The Morgan fingerprint density at radius 1 is 1.13 bits per heavy atom. The van der Waals surface area contributed by atoms with E-state index in [9.17, 15) is 0 Å². The van der Waals surface area contributed by atoms with E-state index in [0.29, 0.717) is 5.92 Å². The molecule has 1 aliphatic heterocycles. The lowest BCUT2D eigenvalue weighted by Gasteiger charge is -2.28. The Morgan fingerprint density at radius 2 is 2.00 bits per heavy atom. The van der Waals surface area contributed by atoms with Crippen molar-refractivity contribution in [2.24, 2.45) is 5.92 Å². The normalized spacial score (nSPS) is 19.3. The molecule has 1 unspecified atom stereocenters. The summed E-state index contributed by atoms with van der Waals surface area (Å²) in [6.07, 6.45) is 8.23. The van der Waals surface area contributed by atoms with Gasteiger partial charge in [-0.2, -0.15) is 0 Å². The number of aromatic amines is 1. The van der Waals surface area contributed by atoms with Crippen molar-refractivity contribution in [3.8, 4) is 5.75 Å². The van der Waals surface area contributed by atoms with E-state index in [1.165, 1.54) is 47.0 Å². The fourth-order valence-corrected chi connectivity index (χ4v) is 5.18. The minimum atomic E-state index is 0.226. The molecular formula is C26H29ClN2O. The summed E-state index contributed by atoms with van der Waals surface area (Å²) in [7, 11) is 0. The third-order valence-electron chi connectivity index (χ3n) is 6.37. The van der Waals surface area contributed by atoms with Gasteiger partial charge < -0.3 is 9.72 Å². The molecule has 30 heavy (non-hydrogen) atoms. The van der Waals surface area contributed by atoms with Crippen molar-refractivity contribution in [1.29, 1.82) is 0 Å². The minimum Gasteiger partial charge on any atom is -0.491 e. The van der Waals surface area contributed by atoms with Crippen LogP contribution in [-0.2, 0) is 12.8 Å². The zero-order chi connectivity index (χ0) is 20.7. The highest BCUT2D eigenvalue weighted by Crippen LogP contribution is 2.33. The van der Waals surface area contributed by atoms with Crippen LogP contribution in [0.1, 0.15) is 37.0 Å². The summed E-state index contributed by atoms with van der Waals surface area (Å²) in [4.78, 5) is 5.98. The number of hydrogen-bond donors (Lipinski definition) is 1. The van der Waals surface area contributed by atoms with Crippen LogP contribution in [0.3, 0.4) is 0 Å². The second-order valence-electron chi connectivity index (χ2n) is 9.00. The lowest BCUT2D eigenvalue weighted by atomic mass is 9.97. The second-order valence-corrected chi connectivity index (χ2v) is 9.44. The minimum absolute atomic E-state index is 0.226. The zero-order valence-corrected chi connectivity index (χ0v) is 18.5. The number of fused-ring (bicyclic) bond motifs is 2. The van der Waals surface area contributed by atoms with Crippen molar-refractivity contribution in [2.45, 2.75) is 39.2 Å². The largest absolute Gasteiger partial charge is 0.491 e. The van der Waals surface area contributed by atoms with Gasteiger partial charge in [0.05, 0.1) is 6.10 Å². The van der Waals surface area contributed by atoms with E-state index in [2.05, 4.69) is 60.3 Å². The van der Waals surface area contributed by atoms with E-state index in [0.717, 1.165) is 35.8 Å². The van der Waals surface area contributed by atoms with Gasteiger partial charge in [0.15, 0.2) is 0 Å². The van der Waals surface area contributed by atoms with Crippen molar-refractivity contribution in [3.63, 3.8) is 0 Å². The van der Waals surface area contributed by atoms with E-state index < -0.39 is 0 Å². The third-order valence-corrected chi connectivity index (χ3v) is 6.60. The Hall–Kier alpha value is -2.23. The van der Waals surface area contributed by atoms with Gasteiger partial charge in [0, 0.05) is 47.3 Å². The molecule has 0 saturated heterocycles. The van der Waals surface area contributed by atoms with E-state index in [1.54, 1.807) is 0 Å². The topological polar surface area (TPSA) is 28.3 Å². The van der Waals surface area contributed by atoms with Gasteiger partial charge in [-0.3, -0.25) is 4.90 Å². The maximum absolute atomic E-state index is 6.13. The number of H-pyrrole nitrogens is 1. The molecule has 1 atom stereocenters. The highest BCUT2D eigenvalue weighted by molar-refractivity contribution is 6.31. The molecule has 1 aliphatic carbocycles. The van der Waals surface area contributed by atoms with Crippen LogP contribution in [0, 0.1) is 5.92 Å². The van der Waals surface area contributed by atoms with Crippen LogP contribution in [0.2, 0.25) is 5.02 Å². The summed E-state index contributed by atoms with van der Waals surface area (Å²) in [5.41, 5.74) is 6.87. The van der Waals surface area contributed by atoms with Crippen molar-refractivity contribution >= 4 is 28.1 Å². The van der Waals surface area contributed by atoms with Crippen LogP contribution < -0.4 is 4.74 Å². The zero-order valence-electron chi connectivity index (χ0n) is 17.7. The summed E-state index contributed by atoms with van der Waals surface area (Å²) in [6, 6.07) is 12.8. The highest BCUT2D eigenvalue weighted by Gasteiger charge is 2.25. The molecule has 5 rings (SSSR count). The summed E-state index contributed by atoms with van der Waals surface area (Å²) in [6.45, 7) is 7.49. The van der Waals surface area contributed by atoms with Gasteiger partial charge in [-0.15, -0.1) is 0 Å². The second kappa shape index (κ2) is 8.13. The Morgan fingerprint density at radius 3 is 2.80 bits per heavy atom. The number of benzene rings is 2. The predicted octanol–water partition coefficient (Wildman–Crippen LogP) is 6.11. The summed E-state index contributed by atoms with van der Waals surface area (Å²) in [5.74, 6) is 1.72. The number of nitrogens with zero attached hydrogens (tertiary/aromatic N) is 1. The van der Waals surface area contributed by atoms with Crippen LogP contribution >= 0.6 is 11.6 Å². The quantitative estimate of drug-likeness (QED) is 0.539. The number of halogens is 1. The molecule has 0 fully saturated rings. The molecule has 2 heterocycles. The van der Waals surface area contributed by atoms with Gasteiger partial charge in [-0.25, -0.2) is 0 Å². The highest BCUT2D eigenvalue weighted by atomic mass is 35.5. The van der Waals surface area contributed by atoms with Crippen molar-refractivity contribution in [2.75, 3.05) is 19.6 Å². The standard InChI is InChI=1S/C26H29ClN2O/c1-17(2)30-23-5-3-20-11-18(12-21(20)13-23)16-29-9-7-19(8-10-29)25-15-28-26-14-22(27)4-6-24(25)26/h3-7,13-15,17-18,28H,8-12,16H2,1-2H3. The average Bonchev–Trinajstić information content (AvgIpc) is 3.31. The summed E-state index contributed by atoms with van der Waals surface area (Å²) < 4.78 is 5.88. The smallest absolute Gasteiger partial charge is 0.119 e. The fourth-order valence-electron chi connectivity index (χ4n) is 5.01. The van der Waals surface area contributed by atoms with Crippen molar-refractivity contribution < 1.29 is 4.74 Å². The molecule has 1 N–H and O–H groups in total. The van der Waals surface area contributed by atoms with Gasteiger partial charge in [-0.05, 0) is 80.0 Å². The Labute approximate surface area is 183 Å². The maximum atomic E-state index is 6.13. The van der Waals surface area contributed by atoms with Gasteiger partial charge in [0.25, 0.3) is 0 Å². The van der Waals surface area contributed by atoms with Crippen LogP contribution in [-0.4, -0.2) is 35.6 Å². The average molecular weight is 421 g/mol. The van der Waals surface area contributed by atoms with Gasteiger partial charge in [0.2, 0.25) is 0 Å². The third kappa shape index (κ3) is 4.01. The lowest BCUT2D eigenvalue weighted by molar-refractivity contribution is 0.242. The lowest BCUT2D eigenvalue weighted by Crippen LogP contribution is -2.33. The Kier molecular flexibility index (Phi) is 5.34. The van der Waals surface area contributed by atoms with Gasteiger partial charge >= 0.3 is 0 Å². The van der Waals surface area contributed by atoms with Gasteiger partial charge in [0.1, 0.15) is 5.75 Å². The molecule has 3 nitrogen and oxygen atoms in total. The van der Waals surface area contributed by atoms with Crippen LogP contribution in [0.5, 0.6) is 5.75 Å². The molecule has 4 heteroatoms. The van der Waals surface area contributed by atoms with Crippen molar-refractivity contribution in [1.82, 2.24) is 9.88 Å². The number of ether oxygens (including phenoxy) is 1. The molecule has 0 saturated carbocycles. The fraction of sp³-hybridized carbons (Fsp3) is 0.385. The first-order chi connectivity index (χ1) is 14.5. The molecule has 2 aromatic carbocycles. The molecule has 3 aromatic rings. The van der Waals surface area contributed by atoms with E-state index >= 15 is 0 Å². The van der Waals surface area contributed by atoms with E-state index in [4.69, 9.17) is 16.3 Å². The molecule has 156 valence electrons. The first kappa shape index (κ1) is 19.7. The predicted molar refractivity (Wildman–Crippen MR) is 125 cm³/mol. The first-order valence-electron chi connectivity index (χ1n) is 11.0. The van der Waals surface area contributed by atoms with Crippen LogP contribution in [0.25, 0.3) is 16.5 Å². The number of hydrogen-bond acceptors (Lipinski definition) is 2. The molecule has 0 spiro atoms. The molecule has 2 aliphatic rings. The van der Waals surface area contributed by atoms with Crippen LogP contribution in [0.15, 0.2) is 48.7 Å². The maximum Gasteiger partial charge on any atom is 0.119 e. The van der Waals surface area contributed by atoms with Gasteiger partial charge in [-0.1, -0.05) is 29.8 Å². The van der Waals surface area contributed by atoms with E-state index in [-0.39, 0.29) is 6.10 Å². The summed E-state index contributed by atoms with van der Waals surface area (Å²) >= 11 is 6.13. The monoisotopic (exact) mass is 420 g/mol. The van der Waals surface area contributed by atoms with E-state index in [1.807, 2.05) is 12.1 Å². The molecule has 0 amide bonds. The first-order valence-corrected chi connectivity index (χ1v) is 11.4. The number of rotatable bonds is 5. The molecule has 0 bridgehead atoms. The Bertz CT molecular complexity index is 1100. The Balaban J connectivity index is 1.22. The van der Waals surface area contributed by atoms with Crippen molar-refractivity contribution in [3.05, 3.63) is 70.4 Å². The number of aromatic nitrogens is 1. The summed E-state index contributed by atoms with van der Waals surface area (Å²) in [5, 5.41) is 2.05. The molecule has 0 radical (unpaired) electrons. The number of nitrogens with one attached hydrogen (secondary N) is 1. The van der Waals surface area contributed by atoms with Crippen LogP contribution in [0.4, 0.5) is 0 Å². The molecular weight excluding hydrogens is 392 g/mol. The molecule has 1 aromatic heterocycles. The SMILES string of the molecule is CC(C)Oc1ccc2c(c1)CC(CN1CC=C(c3c[nH]c4cc(Cl)ccc34)CC1)C2.